The van der Waals surface area contributed by atoms with Crippen molar-refractivity contribution in [1.29, 1.82) is 0 Å². The highest BCUT2D eigenvalue weighted by Gasteiger charge is 2.09. The molecule has 0 radical (unpaired) electrons. The third-order valence-corrected chi connectivity index (χ3v) is 2.15. The van der Waals surface area contributed by atoms with Crippen molar-refractivity contribution in [2.45, 2.75) is 11.5 Å². The molecule has 1 aromatic carbocycles. The Bertz CT molecular complexity index is 199. The lowest BCUT2D eigenvalue weighted by molar-refractivity contribution is 0.379. The topological polar surface area (TPSA) is 9.23 Å². The Morgan fingerprint density at radius 3 is 3.11 bits per heavy atom. The fraction of sp³-hybridized carbons (Fsp3) is 0.143. The fourth-order valence-corrected chi connectivity index (χ4v) is 1.54. The van der Waals surface area contributed by atoms with Gasteiger partial charge in [-0.1, -0.05) is 18.2 Å². The molecule has 0 atom stereocenters. The van der Waals surface area contributed by atoms with Crippen LogP contribution in [0, 0.1) is 0 Å². The summed E-state index contributed by atoms with van der Waals surface area (Å²) in [5, 5.41) is 0. The van der Waals surface area contributed by atoms with Crippen molar-refractivity contribution in [3.8, 4) is 0 Å². The first-order valence-electron chi connectivity index (χ1n) is 2.84. The van der Waals surface area contributed by atoms with Gasteiger partial charge < -0.3 is 4.18 Å². The van der Waals surface area contributed by atoms with Gasteiger partial charge in [0.05, 0.1) is 6.61 Å². The van der Waals surface area contributed by atoms with Crippen LogP contribution >= 0.6 is 12.0 Å². The first-order chi connectivity index (χ1) is 4.47. The van der Waals surface area contributed by atoms with Gasteiger partial charge in [-0.2, -0.15) is 0 Å². The molecular formula is C7H6OS. The largest absolute Gasteiger partial charge is 0.305 e. The van der Waals surface area contributed by atoms with Crippen LogP contribution in [0.25, 0.3) is 0 Å². The second-order valence-electron chi connectivity index (χ2n) is 1.95. The molecule has 0 aliphatic carbocycles. The fourth-order valence-electron chi connectivity index (χ4n) is 0.861. The number of rotatable bonds is 0. The summed E-state index contributed by atoms with van der Waals surface area (Å²) in [4.78, 5) is 1.26. The molecule has 1 aliphatic heterocycles. The molecule has 0 saturated carbocycles. The predicted molar refractivity (Wildman–Crippen MR) is 37.1 cm³/mol. The van der Waals surface area contributed by atoms with Crippen LogP contribution in [0.2, 0.25) is 0 Å². The van der Waals surface area contributed by atoms with E-state index in [1.54, 1.807) is 0 Å². The van der Waals surface area contributed by atoms with Crippen molar-refractivity contribution in [2.24, 2.45) is 0 Å². The highest BCUT2D eigenvalue weighted by Crippen LogP contribution is 2.31. The molecule has 2 rings (SSSR count). The van der Waals surface area contributed by atoms with Gasteiger partial charge in [0, 0.05) is 16.9 Å². The Hall–Kier alpha value is -0.470. The summed E-state index contributed by atoms with van der Waals surface area (Å²) in [6, 6.07) is 8.23. The number of hydrogen-bond acceptors (Lipinski definition) is 2. The van der Waals surface area contributed by atoms with E-state index < -0.39 is 0 Å². The molecule has 0 spiro atoms. The molecule has 0 aromatic heterocycles. The van der Waals surface area contributed by atoms with Crippen molar-refractivity contribution in [3.63, 3.8) is 0 Å². The van der Waals surface area contributed by atoms with E-state index >= 15 is 0 Å². The highest BCUT2D eigenvalue weighted by molar-refractivity contribution is 7.95. The van der Waals surface area contributed by atoms with E-state index in [2.05, 4.69) is 12.1 Å². The van der Waals surface area contributed by atoms with E-state index in [1.807, 2.05) is 12.1 Å². The molecule has 1 nitrogen and oxygen atoms in total. The van der Waals surface area contributed by atoms with Crippen LogP contribution in [0.3, 0.4) is 0 Å². The van der Waals surface area contributed by atoms with Crippen LogP contribution in [0.5, 0.6) is 0 Å². The third-order valence-electron chi connectivity index (χ3n) is 1.34. The third kappa shape index (κ3) is 0.843. The summed E-state index contributed by atoms with van der Waals surface area (Å²) in [5.74, 6) is 0. The Kier molecular flexibility index (Phi) is 1.21. The van der Waals surface area contributed by atoms with Crippen LogP contribution in [0.1, 0.15) is 5.56 Å². The van der Waals surface area contributed by atoms with Crippen LogP contribution in [-0.2, 0) is 10.8 Å². The number of benzene rings is 1. The SMILES string of the molecule is c1ccc2c(c1)COS2. The molecule has 0 N–H and O–H groups in total. The maximum absolute atomic E-state index is 5.13. The molecule has 0 unspecified atom stereocenters. The smallest absolute Gasteiger partial charge is 0.0880 e. The van der Waals surface area contributed by atoms with Gasteiger partial charge in [-0.3, -0.25) is 0 Å². The molecule has 1 aromatic rings. The van der Waals surface area contributed by atoms with E-state index in [9.17, 15) is 0 Å². The minimum atomic E-state index is 0.765. The van der Waals surface area contributed by atoms with E-state index in [0.29, 0.717) is 0 Å². The van der Waals surface area contributed by atoms with Gasteiger partial charge in [0.15, 0.2) is 0 Å². The van der Waals surface area contributed by atoms with Crippen molar-refractivity contribution < 1.29 is 4.18 Å². The van der Waals surface area contributed by atoms with Gasteiger partial charge in [-0.05, 0) is 11.6 Å². The zero-order valence-corrected chi connectivity index (χ0v) is 5.65. The first kappa shape index (κ1) is 5.33. The molecule has 46 valence electrons. The summed E-state index contributed by atoms with van der Waals surface area (Å²) in [7, 11) is 0. The molecule has 0 bridgehead atoms. The second-order valence-corrected chi connectivity index (χ2v) is 2.80. The Morgan fingerprint density at radius 2 is 2.22 bits per heavy atom. The van der Waals surface area contributed by atoms with Crippen LogP contribution < -0.4 is 0 Å². The second kappa shape index (κ2) is 2.05. The Labute approximate surface area is 58.2 Å². The average molecular weight is 138 g/mol. The van der Waals surface area contributed by atoms with Crippen LogP contribution in [0.15, 0.2) is 29.2 Å². The van der Waals surface area contributed by atoms with Crippen molar-refractivity contribution in [2.75, 3.05) is 0 Å². The maximum Gasteiger partial charge on any atom is 0.0880 e. The summed E-state index contributed by atoms with van der Waals surface area (Å²) in [5.41, 5.74) is 1.31. The number of fused-ring (bicyclic) bond motifs is 1. The van der Waals surface area contributed by atoms with Gasteiger partial charge in [0.1, 0.15) is 0 Å². The number of hydrogen-bond donors (Lipinski definition) is 0. The standard InChI is InChI=1S/C7H6OS/c1-2-4-7-6(3-1)5-8-9-7/h1-4H,5H2. The molecule has 2 heteroatoms. The van der Waals surface area contributed by atoms with Gasteiger partial charge in [0.25, 0.3) is 0 Å². The van der Waals surface area contributed by atoms with E-state index in [4.69, 9.17) is 4.18 Å². The minimum Gasteiger partial charge on any atom is -0.305 e. The predicted octanol–water partition coefficient (Wildman–Crippen LogP) is 2.22. The lowest BCUT2D eigenvalue weighted by Gasteiger charge is -1.88. The highest BCUT2D eigenvalue weighted by atomic mass is 32.2. The zero-order valence-electron chi connectivity index (χ0n) is 4.83. The van der Waals surface area contributed by atoms with E-state index in [1.165, 1.54) is 22.5 Å². The normalized spacial score (nSPS) is 15.6. The molecular weight excluding hydrogens is 132 g/mol. The van der Waals surface area contributed by atoms with Crippen molar-refractivity contribution in [1.82, 2.24) is 0 Å². The quantitative estimate of drug-likeness (QED) is 0.508. The Balaban J connectivity index is 2.54. The summed E-state index contributed by atoms with van der Waals surface area (Å²) >= 11 is 1.47. The molecule has 0 fully saturated rings. The molecule has 9 heavy (non-hydrogen) atoms. The molecule has 1 aliphatic rings. The summed E-state index contributed by atoms with van der Waals surface area (Å²) in [6.45, 7) is 0.765. The summed E-state index contributed by atoms with van der Waals surface area (Å²) < 4.78 is 5.13. The van der Waals surface area contributed by atoms with Crippen molar-refractivity contribution >= 4 is 12.0 Å². The molecule has 1 heterocycles. The lowest BCUT2D eigenvalue weighted by Crippen LogP contribution is -1.75. The van der Waals surface area contributed by atoms with Gasteiger partial charge in [-0.25, -0.2) is 0 Å². The maximum atomic E-state index is 5.13. The van der Waals surface area contributed by atoms with Crippen LogP contribution in [0.4, 0.5) is 0 Å². The van der Waals surface area contributed by atoms with Gasteiger partial charge >= 0.3 is 0 Å². The first-order valence-corrected chi connectivity index (χ1v) is 3.58. The summed E-state index contributed by atoms with van der Waals surface area (Å²) in [6.07, 6.45) is 0. The van der Waals surface area contributed by atoms with Gasteiger partial charge in [-0.15, -0.1) is 0 Å². The minimum absolute atomic E-state index is 0.765. The van der Waals surface area contributed by atoms with Gasteiger partial charge in [0.2, 0.25) is 0 Å². The molecule has 0 saturated heterocycles. The van der Waals surface area contributed by atoms with Crippen molar-refractivity contribution in [3.05, 3.63) is 29.8 Å². The van der Waals surface area contributed by atoms with E-state index in [-0.39, 0.29) is 0 Å². The Morgan fingerprint density at radius 1 is 1.33 bits per heavy atom. The van der Waals surface area contributed by atoms with E-state index in [0.717, 1.165) is 6.61 Å². The van der Waals surface area contributed by atoms with Crippen LogP contribution in [-0.4, -0.2) is 0 Å². The lowest BCUT2D eigenvalue weighted by atomic mass is 10.2. The monoisotopic (exact) mass is 138 g/mol. The zero-order chi connectivity index (χ0) is 6.10. The molecule has 0 amide bonds. The average Bonchev–Trinajstić information content (AvgIpc) is 2.33.